The topological polar surface area (TPSA) is 61.6 Å². The summed E-state index contributed by atoms with van der Waals surface area (Å²) in [7, 11) is 1.54. The number of hydrogen-bond donors (Lipinski definition) is 1. The Morgan fingerprint density at radius 1 is 1.37 bits per heavy atom. The number of primary amides is 1. The average molecular weight is 377 g/mol. The second-order valence-corrected chi connectivity index (χ2v) is 5.48. The van der Waals surface area contributed by atoms with Crippen molar-refractivity contribution in [3.8, 4) is 0 Å². The van der Waals surface area contributed by atoms with Crippen molar-refractivity contribution in [3.05, 3.63) is 33.4 Å². The molecule has 1 amide bonds. The highest BCUT2D eigenvalue weighted by molar-refractivity contribution is 14.1. The van der Waals surface area contributed by atoms with Gasteiger partial charge in [0.15, 0.2) is 0 Å². The number of amides is 1. The smallest absolute Gasteiger partial charge is 0.407 e. The molecule has 1 rings (SSSR count). The van der Waals surface area contributed by atoms with Crippen LogP contribution in [0.15, 0.2) is 24.3 Å². The van der Waals surface area contributed by atoms with Gasteiger partial charge in [0.2, 0.25) is 5.79 Å². The first-order valence-electron chi connectivity index (χ1n) is 6.34. The van der Waals surface area contributed by atoms with Gasteiger partial charge >= 0.3 is 6.09 Å². The molecule has 0 saturated heterocycles. The predicted molar refractivity (Wildman–Crippen MR) is 82.7 cm³/mol. The SMILES string of the molecule is CCCCC[C@](OC)(OC(N)=O)c1ccccc1I. The van der Waals surface area contributed by atoms with Crippen LogP contribution in [0.25, 0.3) is 0 Å². The highest BCUT2D eigenvalue weighted by atomic mass is 127. The zero-order valence-electron chi connectivity index (χ0n) is 11.3. The molecule has 0 unspecified atom stereocenters. The maximum Gasteiger partial charge on any atom is 0.407 e. The van der Waals surface area contributed by atoms with Crippen molar-refractivity contribution < 1.29 is 14.3 Å². The quantitative estimate of drug-likeness (QED) is 0.447. The molecule has 1 aromatic rings. The number of methoxy groups -OCH3 is 1. The van der Waals surface area contributed by atoms with E-state index in [2.05, 4.69) is 29.5 Å². The molecular weight excluding hydrogens is 357 g/mol. The highest BCUT2D eigenvalue weighted by Crippen LogP contribution is 2.35. The summed E-state index contributed by atoms with van der Waals surface area (Å²) in [4.78, 5) is 11.2. The number of benzene rings is 1. The van der Waals surface area contributed by atoms with Crippen molar-refractivity contribution in [1.82, 2.24) is 0 Å². The van der Waals surface area contributed by atoms with Crippen molar-refractivity contribution in [3.63, 3.8) is 0 Å². The predicted octanol–water partition coefficient (Wildman–Crippen LogP) is 3.77. The number of carbonyl (C=O) groups excluding carboxylic acids is 1. The van der Waals surface area contributed by atoms with Gasteiger partial charge in [-0.3, -0.25) is 0 Å². The van der Waals surface area contributed by atoms with E-state index < -0.39 is 11.9 Å². The molecule has 1 aromatic carbocycles. The van der Waals surface area contributed by atoms with E-state index in [1.165, 1.54) is 7.11 Å². The fraction of sp³-hybridized carbons (Fsp3) is 0.500. The molecule has 0 bridgehead atoms. The van der Waals surface area contributed by atoms with E-state index in [1.807, 2.05) is 24.3 Å². The third-order valence-corrected chi connectivity index (χ3v) is 3.93. The average Bonchev–Trinajstić information content (AvgIpc) is 2.38. The summed E-state index contributed by atoms with van der Waals surface area (Å²) in [5, 5.41) is 0. The third-order valence-electron chi connectivity index (χ3n) is 2.99. The van der Waals surface area contributed by atoms with Crippen LogP contribution in [0.2, 0.25) is 0 Å². The number of rotatable bonds is 7. The molecule has 0 saturated carbocycles. The highest BCUT2D eigenvalue weighted by Gasteiger charge is 2.37. The number of halogens is 1. The summed E-state index contributed by atoms with van der Waals surface area (Å²) in [5.74, 6) is -1.08. The van der Waals surface area contributed by atoms with E-state index in [9.17, 15) is 4.79 Å². The van der Waals surface area contributed by atoms with Crippen LogP contribution in [-0.4, -0.2) is 13.2 Å². The number of ether oxygens (including phenoxy) is 2. The first kappa shape index (κ1) is 16.2. The third kappa shape index (κ3) is 4.35. The van der Waals surface area contributed by atoms with Crippen LogP contribution in [0.5, 0.6) is 0 Å². The summed E-state index contributed by atoms with van der Waals surface area (Å²) < 4.78 is 11.8. The summed E-state index contributed by atoms with van der Waals surface area (Å²) >= 11 is 2.20. The largest absolute Gasteiger partial charge is 0.413 e. The van der Waals surface area contributed by atoms with Crippen LogP contribution in [0.1, 0.15) is 38.2 Å². The van der Waals surface area contributed by atoms with Crippen LogP contribution in [0, 0.1) is 3.57 Å². The van der Waals surface area contributed by atoms with Gasteiger partial charge in [0.25, 0.3) is 0 Å². The van der Waals surface area contributed by atoms with Gasteiger partial charge in [-0.2, -0.15) is 0 Å². The Balaban J connectivity index is 3.08. The van der Waals surface area contributed by atoms with E-state index in [1.54, 1.807) is 0 Å². The number of unbranched alkanes of at least 4 members (excludes halogenated alkanes) is 2. The summed E-state index contributed by atoms with van der Waals surface area (Å²) in [6.07, 6.45) is 2.82. The molecule has 0 aromatic heterocycles. The van der Waals surface area contributed by atoms with E-state index in [0.29, 0.717) is 6.42 Å². The van der Waals surface area contributed by atoms with Gasteiger partial charge in [0.1, 0.15) is 0 Å². The van der Waals surface area contributed by atoms with Crippen LogP contribution in [-0.2, 0) is 15.3 Å². The molecule has 0 spiro atoms. The Kier molecular flexibility index (Phi) is 6.57. The van der Waals surface area contributed by atoms with Gasteiger partial charge in [-0.25, -0.2) is 4.79 Å². The molecule has 4 nitrogen and oxygen atoms in total. The Morgan fingerprint density at radius 2 is 2.05 bits per heavy atom. The van der Waals surface area contributed by atoms with Crippen molar-refractivity contribution in [2.75, 3.05) is 7.11 Å². The van der Waals surface area contributed by atoms with Crippen molar-refractivity contribution in [1.29, 1.82) is 0 Å². The van der Waals surface area contributed by atoms with Gasteiger partial charge in [-0.15, -0.1) is 0 Å². The first-order chi connectivity index (χ1) is 9.05. The molecule has 5 heteroatoms. The lowest BCUT2D eigenvalue weighted by atomic mass is 9.99. The lowest BCUT2D eigenvalue weighted by molar-refractivity contribution is -0.197. The fourth-order valence-corrected chi connectivity index (χ4v) is 2.83. The molecular formula is C14H20INO3. The molecule has 0 aliphatic heterocycles. The Hall–Kier alpha value is -0.820. The Morgan fingerprint density at radius 3 is 2.58 bits per heavy atom. The van der Waals surface area contributed by atoms with E-state index in [0.717, 1.165) is 28.4 Å². The second-order valence-electron chi connectivity index (χ2n) is 4.32. The van der Waals surface area contributed by atoms with E-state index in [-0.39, 0.29) is 0 Å². The number of hydrogen-bond acceptors (Lipinski definition) is 3. The minimum Gasteiger partial charge on any atom is -0.413 e. The fourth-order valence-electron chi connectivity index (χ4n) is 2.03. The molecule has 0 aliphatic rings. The van der Waals surface area contributed by atoms with Gasteiger partial charge < -0.3 is 15.2 Å². The molecule has 19 heavy (non-hydrogen) atoms. The van der Waals surface area contributed by atoms with Crippen LogP contribution >= 0.6 is 22.6 Å². The van der Waals surface area contributed by atoms with Gasteiger partial charge in [-0.05, 0) is 35.1 Å². The first-order valence-corrected chi connectivity index (χ1v) is 7.42. The molecule has 0 heterocycles. The normalized spacial score (nSPS) is 13.8. The number of nitrogens with two attached hydrogens (primary N) is 1. The van der Waals surface area contributed by atoms with Gasteiger partial charge in [0.05, 0.1) is 0 Å². The monoisotopic (exact) mass is 377 g/mol. The van der Waals surface area contributed by atoms with Crippen molar-refractivity contribution >= 4 is 28.7 Å². The maximum absolute atomic E-state index is 11.2. The lowest BCUT2D eigenvalue weighted by Crippen LogP contribution is -2.37. The van der Waals surface area contributed by atoms with Gasteiger partial charge in [-0.1, -0.05) is 38.0 Å². The Labute approximate surface area is 127 Å². The van der Waals surface area contributed by atoms with Crippen molar-refractivity contribution in [2.45, 2.75) is 38.4 Å². The lowest BCUT2D eigenvalue weighted by Gasteiger charge is -2.32. The van der Waals surface area contributed by atoms with Crippen molar-refractivity contribution in [2.24, 2.45) is 5.73 Å². The van der Waals surface area contributed by atoms with Crippen LogP contribution in [0.3, 0.4) is 0 Å². The van der Waals surface area contributed by atoms with E-state index >= 15 is 0 Å². The van der Waals surface area contributed by atoms with Crippen LogP contribution < -0.4 is 5.73 Å². The summed E-state index contributed by atoms with van der Waals surface area (Å²) in [5.41, 5.74) is 6.04. The Bertz CT molecular complexity index is 425. The molecule has 2 N–H and O–H groups in total. The standard InChI is InChI=1S/C14H20INO3/c1-3-4-7-10-14(18-2,19-13(16)17)11-8-5-6-9-12(11)15/h5-6,8-9H,3-4,7,10H2,1-2H3,(H2,16,17)/t14-/m0/s1. The van der Waals surface area contributed by atoms with Gasteiger partial charge in [0, 0.05) is 22.7 Å². The molecule has 0 radical (unpaired) electrons. The zero-order chi connectivity index (χ0) is 14.3. The molecule has 1 atom stereocenters. The minimum absolute atomic E-state index is 0.598. The maximum atomic E-state index is 11.2. The molecule has 0 fully saturated rings. The second kappa shape index (κ2) is 7.69. The molecule has 106 valence electrons. The molecule has 0 aliphatic carbocycles. The minimum atomic E-state index is -1.08. The van der Waals surface area contributed by atoms with E-state index in [4.69, 9.17) is 15.2 Å². The number of carbonyl (C=O) groups is 1. The summed E-state index contributed by atoms with van der Waals surface area (Å²) in [6, 6.07) is 7.69. The summed E-state index contributed by atoms with van der Waals surface area (Å²) in [6.45, 7) is 2.12. The zero-order valence-corrected chi connectivity index (χ0v) is 13.5. The van der Waals surface area contributed by atoms with Crippen LogP contribution in [0.4, 0.5) is 4.79 Å².